The molecular formula is C46H63N5O19. The van der Waals surface area contributed by atoms with Gasteiger partial charge in [0.2, 0.25) is 0 Å². The van der Waals surface area contributed by atoms with Crippen LogP contribution in [0.2, 0.25) is 0 Å². The highest BCUT2D eigenvalue weighted by atomic mass is 16.7. The van der Waals surface area contributed by atoms with Crippen LogP contribution in [-0.4, -0.2) is 160 Å². The molecule has 9 N–H and O–H groups in total. The molecule has 24 nitrogen and oxygen atoms in total. The molecule has 2 aliphatic rings. The number of carbonyl (C=O) groups is 8. The van der Waals surface area contributed by atoms with Crippen LogP contribution in [0.5, 0.6) is 0 Å². The van der Waals surface area contributed by atoms with Gasteiger partial charge in [0.15, 0.2) is 43.1 Å². The standard InChI is InChI=1S/C46H63N5O19/c1-23(62-45-37(50)40(66-28(6)56)39(65-27(5)55)36(68-45)22-60-24(2)52)31(49)19-32(51-42(57)33(17-18-47)63-25(3)53)35(64-26(4)54)21-61-46-41(70-44(59)30-15-11-8-12-16-30)38(34(20-48)67-46)69-43(58)29-13-9-7-10-14-29/h7-16,23,31-41,45-46H,17-22,47-50H2,1-6H3,(H,51,57)/t23-,31?,32?,33-,34?,35-,36?,37?,38?,39?,40?,41?,45?,46?/m0/s1. The van der Waals surface area contributed by atoms with E-state index in [1.807, 2.05) is 0 Å². The van der Waals surface area contributed by atoms with Crippen molar-refractivity contribution in [3.8, 4) is 0 Å². The number of nitrogens with one attached hydrogen (secondary N) is 1. The van der Waals surface area contributed by atoms with Gasteiger partial charge < -0.3 is 80.4 Å². The van der Waals surface area contributed by atoms with Gasteiger partial charge in [-0.1, -0.05) is 36.4 Å². The molecule has 0 bridgehead atoms. The third-order valence-corrected chi connectivity index (χ3v) is 10.8. The van der Waals surface area contributed by atoms with E-state index in [0.29, 0.717) is 0 Å². The van der Waals surface area contributed by atoms with Crippen LogP contribution in [0.15, 0.2) is 60.7 Å². The minimum absolute atomic E-state index is 0.0793. The molecular weight excluding hydrogens is 927 g/mol. The first kappa shape index (κ1) is 56.5. The Hall–Kier alpha value is -6.12. The highest BCUT2D eigenvalue weighted by molar-refractivity contribution is 5.90. The Labute approximate surface area is 403 Å². The third-order valence-electron chi connectivity index (χ3n) is 10.8. The van der Waals surface area contributed by atoms with Gasteiger partial charge in [-0.2, -0.15) is 0 Å². The van der Waals surface area contributed by atoms with Crippen molar-refractivity contribution in [2.24, 2.45) is 22.9 Å². The summed E-state index contributed by atoms with van der Waals surface area (Å²) < 4.78 is 63.3. The van der Waals surface area contributed by atoms with Crippen molar-refractivity contribution >= 4 is 47.7 Å². The third kappa shape index (κ3) is 16.8. The Morgan fingerprint density at radius 2 is 1.19 bits per heavy atom. The fraction of sp³-hybridized carbons (Fsp3) is 0.565. The summed E-state index contributed by atoms with van der Waals surface area (Å²) >= 11 is 0. The molecule has 2 aliphatic heterocycles. The van der Waals surface area contributed by atoms with Crippen LogP contribution < -0.4 is 28.3 Å². The Kier molecular flexibility index (Phi) is 22.0. The number of benzene rings is 2. The fourth-order valence-corrected chi connectivity index (χ4v) is 7.48. The summed E-state index contributed by atoms with van der Waals surface area (Å²) in [6, 6.07) is 12.1. The van der Waals surface area contributed by atoms with E-state index >= 15 is 0 Å². The first-order valence-electron chi connectivity index (χ1n) is 22.4. The van der Waals surface area contributed by atoms with Gasteiger partial charge >= 0.3 is 41.8 Å². The summed E-state index contributed by atoms with van der Waals surface area (Å²) in [5.74, 6) is -6.41. The van der Waals surface area contributed by atoms with E-state index in [4.69, 9.17) is 75.0 Å². The summed E-state index contributed by atoms with van der Waals surface area (Å²) in [4.78, 5) is 102. The van der Waals surface area contributed by atoms with Crippen molar-refractivity contribution < 1.29 is 90.5 Å². The number of hydrogen-bond acceptors (Lipinski definition) is 23. The smallest absolute Gasteiger partial charge is 0.338 e. The van der Waals surface area contributed by atoms with Crippen LogP contribution in [0.25, 0.3) is 0 Å². The van der Waals surface area contributed by atoms with Crippen LogP contribution in [0.4, 0.5) is 0 Å². The van der Waals surface area contributed by atoms with E-state index in [9.17, 15) is 38.4 Å². The second kappa shape index (κ2) is 27.3. The predicted molar refractivity (Wildman–Crippen MR) is 239 cm³/mol. The molecule has 0 spiro atoms. The molecule has 0 aliphatic carbocycles. The van der Waals surface area contributed by atoms with Crippen LogP contribution in [0.3, 0.4) is 0 Å². The summed E-state index contributed by atoms with van der Waals surface area (Å²) in [5, 5.41) is 2.72. The van der Waals surface area contributed by atoms with Gasteiger partial charge in [0.25, 0.3) is 5.91 Å². The number of hydrogen-bond donors (Lipinski definition) is 5. The van der Waals surface area contributed by atoms with Gasteiger partial charge in [0.1, 0.15) is 24.9 Å². The van der Waals surface area contributed by atoms with Gasteiger partial charge in [-0.25, -0.2) is 9.59 Å². The monoisotopic (exact) mass is 989 g/mol. The molecule has 0 aromatic heterocycles. The van der Waals surface area contributed by atoms with Crippen LogP contribution in [0.1, 0.15) is 75.1 Å². The summed E-state index contributed by atoms with van der Waals surface area (Å²) in [7, 11) is 0. The number of carbonyl (C=O) groups excluding carboxylic acids is 8. The molecule has 24 heteroatoms. The topological polar surface area (TPSA) is 354 Å². The summed E-state index contributed by atoms with van der Waals surface area (Å²) in [6.45, 7) is 5.63. The number of ether oxygens (including phenoxy) is 11. The molecule has 2 aromatic carbocycles. The van der Waals surface area contributed by atoms with E-state index in [2.05, 4.69) is 5.32 Å². The number of amides is 1. The highest BCUT2D eigenvalue weighted by Crippen LogP contribution is 2.31. The average Bonchev–Trinajstić information content (AvgIpc) is 3.63. The van der Waals surface area contributed by atoms with Gasteiger partial charge in [0.05, 0.1) is 35.9 Å². The van der Waals surface area contributed by atoms with E-state index in [0.717, 1.165) is 34.6 Å². The van der Waals surface area contributed by atoms with Crippen LogP contribution in [0, 0.1) is 0 Å². The molecule has 1 amide bonds. The van der Waals surface area contributed by atoms with Gasteiger partial charge in [-0.3, -0.25) is 28.8 Å². The molecule has 14 atom stereocenters. The van der Waals surface area contributed by atoms with Crippen molar-refractivity contribution in [3.05, 3.63) is 71.8 Å². The largest absolute Gasteiger partial charge is 0.463 e. The first-order chi connectivity index (χ1) is 33.2. The van der Waals surface area contributed by atoms with Crippen molar-refractivity contribution in [2.75, 3.05) is 26.3 Å². The van der Waals surface area contributed by atoms with Crippen molar-refractivity contribution in [2.45, 2.75) is 140 Å². The lowest BCUT2D eigenvalue weighted by atomic mass is 9.96. The lowest BCUT2D eigenvalue weighted by Gasteiger charge is -2.44. The number of rotatable bonds is 24. The highest BCUT2D eigenvalue weighted by Gasteiger charge is 2.52. The average molecular weight is 990 g/mol. The molecule has 2 heterocycles. The van der Waals surface area contributed by atoms with Crippen LogP contribution in [-0.2, 0) is 80.9 Å². The van der Waals surface area contributed by atoms with Gasteiger partial charge in [-0.05, 0) is 44.2 Å². The molecule has 2 aromatic rings. The molecule has 4 rings (SSSR count). The molecule has 70 heavy (non-hydrogen) atoms. The van der Waals surface area contributed by atoms with Gasteiger partial charge in [-0.15, -0.1) is 0 Å². The molecule has 0 radical (unpaired) electrons. The lowest BCUT2D eigenvalue weighted by Crippen LogP contribution is -2.65. The Morgan fingerprint density at radius 3 is 1.70 bits per heavy atom. The number of esters is 7. The maximum Gasteiger partial charge on any atom is 0.338 e. The van der Waals surface area contributed by atoms with E-state index in [1.165, 1.54) is 31.2 Å². The Bertz CT molecular complexity index is 2080. The maximum atomic E-state index is 13.9. The summed E-state index contributed by atoms with van der Waals surface area (Å²) in [5.41, 5.74) is 25.4. The lowest BCUT2D eigenvalue weighted by molar-refractivity contribution is -0.284. The zero-order chi connectivity index (χ0) is 51.7. The van der Waals surface area contributed by atoms with E-state index < -0.39 is 147 Å². The quantitative estimate of drug-likeness (QED) is 0.0650. The molecule has 0 saturated carbocycles. The number of nitrogens with two attached hydrogens (primary N) is 4. The Morgan fingerprint density at radius 1 is 0.657 bits per heavy atom. The second-order valence-corrected chi connectivity index (χ2v) is 16.3. The Balaban J connectivity index is 1.67. The van der Waals surface area contributed by atoms with E-state index in [1.54, 1.807) is 36.4 Å². The molecule has 386 valence electrons. The van der Waals surface area contributed by atoms with Crippen molar-refractivity contribution in [3.63, 3.8) is 0 Å². The second-order valence-electron chi connectivity index (χ2n) is 16.3. The minimum atomic E-state index is -1.53. The van der Waals surface area contributed by atoms with Gasteiger partial charge in [0, 0.05) is 53.6 Å². The zero-order valence-electron chi connectivity index (χ0n) is 39.7. The summed E-state index contributed by atoms with van der Waals surface area (Å²) in [6.07, 6.45) is -15.2. The van der Waals surface area contributed by atoms with Crippen LogP contribution >= 0.6 is 0 Å². The van der Waals surface area contributed by atoms with E-state index in [-0.39, 0.29) is 37.1 Å². The van der Waals surface area contributed by atoms with Crippen molar-refractivity contribution in [1.29, 1.82) is 0 Å². The predicted octanol–water partition coefficient (Wildman–Crippen LogP) is -0.564. The normalized spacial score (nSPS) is 25.1. The minimum Gasteiger partial charge on any atom is -0.463 e. The molecule has 2 fully saturated rings. The fourth-order valence-electron chi connectivity index (χ4n) is 7.48. The molecule has 11 unspecified atom stereocenters. The maximum absolute atomic E-state index is 13.9. The SMILES string of the molecule is CC(=O)OCC1OC(O[C@@H](C)C(N)CC(NC(=O)[C@H](CCN)OC(C)=O)[C@H](COC2OC(CN)C(OC(=O)c3ccccc3)C2OC(=O)c2ccccc2)OC(C)=O)C(N)C(OC(C)=O)C1OC(C)=O. The first-order valence-corrected chi connectivity index (χ1v) is 22.4. The van der Waals surface area contributed by atoms with Crippen molar-refractivity contribution in [1.82, 2.24) is 5.32 Å². The molecule has 2 saturated heterocycles. The zero-order valence-corrected chi connectivity index (χ0v) is 39.7.